The van der Waals surface area contributed by atoms with E-state index >= 15 is 0 Å². The zero-order valence-corrected chi connectivity index (χ0v) is 15.2. The number of anilines is 1. The fourth-order valence-electron chi connectivity index (χ4n) is 3.42. The molecule has 136 valence electrons. The quantitative estimate of drug-likeness (QED) is 0.538. The molecule has 5 rings (SSSR count). The molecule has 4 aromatic rings. The average Bonchev–Trinajstić information content (AvgIpc) is 3.38. The Bertz CT molecular complexity index is 1280. The molecule has 1 aliphatic rings. The topological polar surface area (TPSA) is 75.6 Å². The summed E-state index contributed by atoms with van der Waals surface area (Å²) in [5, 5.41) is 11.4. The van der Waals surface area contributed by atoms with Crippen molar-refractivity contribution in [2.24, 2.45) is 7.05 Å². The molecular formula is C22H17N5O. The van der Waals surface area contributed by atoms with Crippen LogP contribution in [0.5, 0.6) is 0 Å². The van der Waals surface area contributed by atoms with Crippen LogP contribution in [-0.4, -0.2) is 25.7 Å². The minimum atomic E-state index is -0.0791. The lowest BCUT2D eigenvalue weighted by molar-refractivity contribution is -0.110. The number of amides is 1. The van der Waals surface area contributed by atoms with Gasteiger partial charge < -0.3 is 9.88 Å². The van der Waals surface area contributed by atoms with Gasteiger partial charge in [0.15, 0.2) is 0 Å². The van der Waals surface area contributed by atoms with E-state index in [0.717, 1.165) is 39.2 Å². The van der Waals surface area contributed by atoms with Crippen molar-refractivity contribution in [3.63, 3.8) is 0 Å². The molecule has 1 amide bonds. The molecule has 0 radical (unpaired) electrons. The van der Waals surface area contributed by atoms with Crippen molar-refractivity contribution in [2.45, 2.75) is 0 Å². The predicted molar refractivity (Wildman–Crippen MR) is 111 cm³/mol. The van der Waals surface area contributed by atoms with E-state index < -0.39 is 0 Å². The number of nitrogens with one attached hydrogen (secondary N) is 2. The lowest BCUT2D eigenvalue weighted by Gasteiger charge is -1.99. The van der Waals surface area contributed by atoms with Crippen molar-refractivity contribution in [1.82, 2.24) is 19.7 Å². The van der Waals surface area contributed by atoms with Gasteiger partial charge in [0.25, 0.3) is 5.91 Å². The molecule has 0 spiro atoms. The molecule has 0 unspecified atom stereocenters. The van der Waals surface area contributed by atoms with Crippen molar-refractivity contribution < 1.29 is 4.79 Å². The van der Waals surface area contributed by atoms with Gasteiger partial charge in [0.2, 0.25) is 0 Å². The Hall–Kier alpha value is -3.93. The van der Waals surface area contributed by atoms with Crippen LogP contribution in [0.15, 0.2) is 54.9 Å². The van der Waals surface area contributed by atoms with Crippen LogP contribution in [0.1, 0.15) is 22.6 Å². The number of H-pyrrole nitrogens is 1. The summed E-state index contributed by atoms with van der Waals surface area (Å²) in [6.45, 7) is 0. The SMILES string of the molecule is Cn1ccnc1/C=C/c1n[nH]c2cc(/C=C3\C(=O)Nc4ccccc43)ccc12. The minimum Gasteiger partial charge on any atom is -0.335 e. The highest BCUT2D eigenvalue weighted by atomic mass is 16.2. The number of carbonyl (C=O) groups excluding carboxylic acids is 1. The molecule has 0 aliphatic carbocycles. The van der Waals surface area contributed by atoms with Crippen LogP contribution in [0.3, 0.4) is 0 Å². The molecule has 28 heavy (non-hydrogen) atoms. The second kappa shape index (κ2) is 6.35. The molecule has 0 bridgehead atoms. The first-order valence-corrected chi connectivity index (χ1v) is 8.95. The van der Waals surface area contributed by atoms with Gasteiger partial charge in [0.1, 0.15) is 5.82 Å². The summed E-state index contributed by atoms with van der Waals surface area (Å²) < 4.78 is 1.94. The smallest absolute Gasteiger partial charge is 0.256 e. The van der Waals surface area contributed by atoms with Crippen LogP contribution in [0.4, 0.5) is 5.69 Å². The maximum absolute atomic E-state index is 12.3. The largest absolute Gasteiger partial charge is 0.335 e. The summed E-state index contributed by atoms with van der Waals surface area (Å²) in [7, 11) is 1.95. The molecule has 0 atom stereocenters. The highest BCUT2D eigenvalue weighted by Crippen LogP contribution is 2.33. The molecule has 2 aromatic heterocycles. The zero-order valence-electron chi connectivity index (χ0n) is 15.2. The molecular weight excluding hydrogens is 350 g/mol. The normalized spacial score (nSPS) is 14.9. The number of imidazole rings is 1. The molecule has 1 aliphatic heterocycles. The van der Waals surface area contributed by atoms with E-state index in [1.165, 1.54) is 0 Å². The highest BCUT2D eigenvalue weighted by Gasteiger charge is 2.23. The number of aromatic nitrogens is 4. The van der Waals surface area contributed by atoms with Crippen LogP contribution in [0.25, 0.3) is 34.7 Å². The van der Waals surface area contributed by atoms with E-state index in [-0.39, 0.29) is 5.91 Å². The minimum absolute atomic E-state index is 0.0791. The van der Waals surface area contributed by atoms with Gasteiger partial charge in [-0.25, -0.2) is 4.98 Å². The molecule has 3 heterocycles. The summed E-state index contributed by atoms with van der Waals surface area (Å²) >= 11 is 0. The number of fused-ring (bicyclic) bond motifs is 2. The monoisotopic (exact) mass is 367 g/mol. The number of aromatic amines is 1. The predicted octanol–water partition coefficient (Wildman–Crippen LogP) is 3.96. The zero-order chi connectivity index (χ0) is 19.1. The van der Waals surface area contributed by atoms with E-state index in [0.29, 0.717) is 5.57 Å². The summed E-state index contributed by atoms with van der Waals surface area (Å²) in [5.41, 5.74) is 5.16. The molecule has 0 saturated heterocycles. The average molecular weight is 367 g/mol. The first-order valence-electron chi connectivity index (χ1n) is 8.95. The Morgan fingerprint density at radius 3 is 2.86 bits per heavy atom. The van der Waals surface area contributed by atoms with E-state index in [1.54, 1.807) is 6.20 Å². The number of hydrogen-bond acceptors (Lipinski definition) is 3. The lowest BCUT2D eigenvalue weighted by atomic mass is 10.0. The second-order valence-electron chi connectivity index (χ2n) is 6.70. The molecule has 0 fully saturated rings. The number of hydrogen-bond donors (Lipinski definition) is 2. The fourth-order valence-corrected chi connectivity index (χ4v) is 3.42. The van der Waals surface area contributed by atoms with Gasteiger partial charge in [-0.15, -0.1) is 0 Å². The summed E-state index contributed by atoms with van der Waals surface area (Å²) in [4.78, 5) is 16.6. The Morgan fingerprint density at radius 1 is 1.11 bits per heavy atom. The summed E-state index contributed by atoms with van der Waals surface area (Å²) in [6.07, 6.45) is 9.45. The van der Waals surface area contributed by atoms with Gasteiger partial charge >= 0.3 is 0 Å². The molecule has 0 saturated carbocycles. The fraction of sp³-hybridized carbons (Fsp3) is 0.0455. The summed E-state index contributed by atoms with van der Waals surface area (Å²) in [6, 6.07) is 13.7. The van der Waals surface area contributed by atoms with Crippen molar-refractivity contribution in [3.05, 3.63) is 77.5 Å². The molecule has 6 heteroatoms. The summed E-state index contributed by atoms with van der Waals surface area (Å²) in [5.74, 6) is 0.785. The number of carbonyl (C=O) groups is 1. The standard InChI is InChI=1S/C22H17N5O/c1-27-11-10-23-21(27)9-8-19-16-7-6-14(13-20(16)26-25-19)12-17-15-4-2-3-5-18(15)24-22(17)28/h2-13H,1H3,(H,24,28)(H,25,26)/b9-8+,17-12-. The second-order valence-corrected chi connectivity index (χ2v) is 6.70. The molecule has 2 aromatic carbocycles. The van der Waals surface area contributed by atoms with E-state index in [2.05, 4.69) is 20.5 Å². The maximum Gasteiger partial charge on any atom is 0.256 e. The van der Waals surface area contributed by atoms with Crippen molar-refractivity contribution in [3.8, 4) is 0 Å². The van der Waals surface area contributed by atoms with Crippen LogP contribution in [0.2, 0.25) is 0 Å². The van der Waals surface area contributed by atoms with E-state index in [9.17, 15) is 4.79 Å². The Morgan fingerprint density at radius 2 is 2.00 bits per heavy atom. The van der Waals surface area contributed by atoms with E-state index in [1.807, 2.05) is 78.5 Å². The van der Waals surface area contributed by atoms with Gasteiger partial charge in [-0.05, 0) is 42.0 Å². The number of aryl methyl sites for hydroxylation is 1. The van der Waals surface area contributed by atoms with Gasteiger partial charge in [0, 0.05) is 41.7 Å². The maximum atomic E-state index is 12.3. The third-order valence-electron chi connectivity index (χ3n) is 4.89. The number of nitrogens with zero attached hydrogens (tertiary/aromatic N) is 3. The third kappa shape index (κ3) is 2.72. The van der Waals surface area contributed by atoms with Crippen molar-refractivity contribution in [2.75, 3.05) is 5.32 Å². The van der Waals surface area contributed by atoms with Crippen molar-refractivity contribution >= 4 is 46.3 Å². The molecule has 2 N–H and O–H groups in total. The van der Waals surface area contributed by atoms with Gasteiger partial charge in [-0.2, -0.15) is 5.10 Å². The number of rotatable bonds is 3. The Balaban J connectivity index is 1.50. The van der Waals surface area contributed by atoms with Crippen LogP contribution in [0, 0.1) is 0 Å². The number of benzene rings is 2. The van der Waals surface area contributed by atoms with E-state index in [4.69, 9.17) is 0 Å². The Kier molecular flexibility index (Phi) is 3.69. The first-order chi connectivity index (χ1) is 13.7. The highest BCUT2D eigenvalue weighted by molar-refractivity contribution is 6.34. The van der Waals surface area contributed by atoms with Gasteiger partial charge in [-0.3, -0.25) is 9.89 Å². The third-order valence-corrected chi connectivity index (χ3v) is 4.89. The van der Waals surface area contributed by atoms with Crippen molar-refractivity contribution in [1.29, 1.82) is 0 Å². The first kappa shape index (κ1) is 16.3. The van der Waals surface area contributed by atoms with Gasteiger partial charge in [-0.1, -0.05) is 24.3 Å². The Labute approximate surface area is 161 Å². The van der Waals surface area contributed by atoms with Crippen LogP contribution in [-0.2, 0) is 11.8 Å². The van der Waals surface area contributed by atoms with Crippen LogP contribution >= 0.6 is 0 Å². The lowest BCUT2D eigenvalue weighted by Crippen LogP contribution is -2.03. The molecule has 6 nitrogen and oxygen atoms in total. The number of para-hydroxylation sites is 1. The van der Waals surface area contributed by atoms with Gasteiger partial charge in [0.05, 0.1) is 11.2 Å². The van der Waals surface area contributed by atoms with Crippen LogP contribution < -0.4 is 5.32 Å².